The summed E-state index contributed by atoms with van der Waals surface area (Å²) in [6, 6.07) is 20.5. The Morgan fingerprint density at radius 3 is 2.42 bits per heavy atom. The van der Waals surface area contributed by atoms with Crippen LogP contribution in [0.1, 0.15) is 47.3 Å². The molecule has 11 heteroatoms. The van der Waals surface area contributed by atoms with Crippen LogP contribution in [0.5, 0.6) is 11.5 Å². The molecular formula is C32H33FN3O6S+. The van der Waals surface area contributed by atoms with Gasteiger partial charge in [0.1, 0.15) is 23.3 Å². The third kappa shape index (κ3) is 7.94. The van der Waals surface area contributed by atoms with E-state index in [-0.39, 0.29) is 36.2 Å². The van der Waals surface area contributed by atoms with Crippen LogP contribution in [0.25, 0.3) is 11.3 Å². The zero-order valence-corrected chi connectivity index (χ0v) is 24.3. The summed E-state index contributed by atoms with van der Waals surface area (Å²) >= 11 is 0. The van der Waals surface area contributed by atoms with Gasteiger partial charge in [-0.3, -0.25) is 9.87 Å². The number of anilines is 1. The van der Waals surface area contributed by atoms with Crippen molar-refractivity contribution in [3.8, 4) is 22.8 Å². The van der Waals surface area contributed by atoms with Crippen molar-refractivity contribution < 1.29 is 36.6 Å². The summed E-state index contributed by atoms with van der Waals surface area (Å²) in [5.41, 5.74) is 3.71. The summed E-state index contributed by atoms with van der Waals surface area (Å²) in [5.74, 6) is -0.133. The van der Waals surface area contributed by atoms with Crippen LogP contribution in [0.4, 0.5) is 10.2 Å². The Morgan fingerprint density at radius 1 is 0.953 bits per heavy atom. The molecule has 1 unspecified atom stereocenters. The summed E-state index contributed by atoms with van der Waals surface area (Å²) in [6.45, 7) is 0.275. The minimum atomic E-state index is -3.95. The van der Waals surface area contributed by atoms with E-state index in [4.69, 9.17) is 14.3 Å². The maximum absolute atomic E-state index is 14.9. The lowest BCUT2D eigenvalue weighted by Crippen LogP contribution is -2.44. The van der Waals surface area contributed by atoms with Crippen LogP contribution in [0.2, 0.25) is 0 Å². The van der Waals surface area contributed by atoms with E-state index in [0.29, 0.717) is 54.9 Å². The van der Waals surface area contributed by atoms with Gasteiger partial charge in [0, 0.05) is 18.4 Å². The highest BCUT2D eigenvalue weighted by Gasteiger charge is 2.41. The van der Waals surface area contributed by atoms with Crippen molar-refractivity contribution in [1.29, 1.82) is 0 Å². The molecule has 1 aliphatic rings. The fourth-order valence-corrected chi connectivity index (χ4v) is 5.61. The number of phenolic OH excluding ortho intramolecular Hbond substituents is 1. The molecule has 4 aromatic rings. The quantitative estimate of drug-likeness (QED) is 0.110. The van der Waals surface area contributed by atoms with E-state index in [9.17, 15) is 22.7 Å². The molecule has 9 nitrogen and oxygen atoms in total. The van der Waals surface area contributed by atoms with Crippen molar-refractivity contribution in [2.45, 2.75) is 44.6 Å². The average Bonchev–Trinajstić information content (AvgIpc) is 3.29. The van der Waals surface area contributed by atoms with E-state index < -0.39 is 22.0 Å². The molecule has 5 rings (SSSR count). The number of halogens is 1. The summed E-state index contributed by atoms with van der Waals surface area (Å²) in [7, 11) is -3.95. The predicted octanol–water partition coefficient (Wildman–Crippen LogP) is 4.98. The lowest BCUT2D eigenvalue weighted by atomic mass is 10.1. The average molecular weight is 607 g/mol. The molecule has 3 aromatic carbocycles. The standard InChI is InChI=1S/C32H32FN3O6S/c33-26-18-23(10-15-30(26)42-16-6-1-2-7-17-43(39,40)41)20-28-32(38)36-21-29(24-11-13-25(37)14-12-24)34-27(31(36)35-28)19-22-8-4-3-5-9-22/h3-5,8-15,18,21,28H,1-2,6-7,16-17,19-20H2,(H2,37,39,40,41)/p+1. The molecule has 43 heavy (non-hydrogen) atoms. The summed E-state index contributed by atoms with van der Waals surface area (Å²) < 4.78 is 52.3. The molecule has 2 heterocycles. The molecule has 3 N–H and O–H groups in total. The molecule has 0 saturated heterocycles. The molecule has 0 amide bonds. The maximum atomic E-state index is 14.9. The number of benzene rings is 3. The summed E-state index contributed by atoms with van der Waals surface area (Å²) in [6.07, 6.45) is 4.73. The number of aromatic nitrogens is 2. The van der Waals surface area contributed by atoms with Gasteiger partial charge in [0.05, 0.1) is 12.4 Å². The number of carbonyl (C=O) groups excluding carboxylic acids is 1. The summed E-state index contributed by atoms with van der Waals surface area (Å²) in [4.78, 5) is 18.4. The molecule has 1 aliphatic heterocycles. The molecule has 0 fully saturated rings. The Kier molecular flexibility index (Phi) is 9.32. The Labute approximate surface area is 249 Å². The lowest BCUT2D eigenvalue weighted by molar-refractivity contribution is -0.552. The molecule has 224 valence electrons. The van der Waals surface area contributed by atoms with E-state index in [0.717, 1.165) is 11.1 Å². The smallest absolute Gasteiger partial charge is 0.359 e. The van der Waals surface area contributed by atoms with Crippen LogP contribution < -0.4 is 14.6 Å². The molecule has 0 bridgehead atoms. The van der Waals surface area contributed by atoms with Crippen molar-refractivity contribution in [3.63, 3.8) is 0 Å². The predicted molar refractivity (Wildman–Crippen MR) is 159 cm³/mol. The number of unbranched alkanes of at least 4 members (excludes halogenated alkanes) is 3. The third-order valence-corrected chi connectivity index (χ3v) is 8.04. The Bertz CT molecular complexity index is 1700. The first-order valence-electron chi connectivity index (χ1n) is 14.1. The van der Waals surface area contributed by atoms with Gasteiger partial charge >= 0.3 is 11.7 Å². The molecular weight excluding hydrogens is 573 g/mol. The fourth-order valence-electron chi connectivity index (χ4n) is 5.04. The first-order valence-corrected chi connectivity index (χ1v) is 15.7. The lowest BCUT2D eigenvalue weighted by Gasteiger charge is -2.09. The van der Waals surface area contributed by atoms with Crippen LogP contribution in [0.3, 0.4) is 0 Å². The number of carbonyl (C=O) groups is 1. The second-order valence-electron chi connectivity index (χ2n) is 10.6. The van der Waals surface area contributed by atoms with Crippen molar-refractivity contribution in [1.82, 2.24) is 4.98 Å². The maximum Gasteiger partial charge on any atom is 0.359 e. The van der Waals surface area contributed by atoms with Crippen molar-refractivity contribution in [2.24, 2.45) is 0 Å². The van der Waals surface area contributed by atoms with Gasteiger partial charge in [0.2, 0.25) is 0 Å². The SMILES string of the molecule is O=C1C(Cc2ccc(OCCCCCCS(=O)(=O)O)c(F)c2)Nc2c(Cc3ccccc3)nc(-c3ccc(O)cc3)c[n+]21. The minimum Gasteiger partial charge on any atom is -0.508 e. The van der Waals surface area contributed by atoms with Crippen LogP contribution >= 0.6 is 0 Å². The minimum absolute atomic E-state index is 0.109. The zero-order valence-electron chi connectivity index (χ0n) is 23.4. The number of nitrogens with one attached hydrogen (secondary N) is 1. The number of hydrogen-bond donors (Lipinski definition) is 3. The Balaban J connectivity index is 1.26. The zero-order chi connectivity index (χ0) is 30.4. The number of rotatable bonds is 13. The topological polar surface area (TPSA) is 130 Å². The first-order chi connectivity index (χ1) is 20.7. The van der Waals surface area contributed by atoms with Crippen LogP contribution in [-0.4, -0.2) is 47.4 Å². The van der Waals surface area contributed by atoms with E-state index in [1.165, 1.54) is 6.07 Å². The molecule has 0 saturated carbocycles. The van der Waals surface area contributed by atoms with Crippen molar-refractivity contribution in [2.75, 3.05) is 17.7 Å². The monoisotopic (exact) mass is 606 g/mol. The Hall–Kier alpha value is -4.35. The number of nitrogens with zero attached hydrogens (tertiary/aromatic N) is 2. The number of ether oxygens (including phenoxy) is 1. The van der Waals surface area contributed by atoms with Crippen molar-refractivity contribution in [3.05, 3.63) is 102 Å². The largest absolute Gasteiger partial charge is 0.508 e. The number of fused-ring (bicyclic) bond motifs is 1. The van der Waals surface area contributed by atoms with Gasteiger partial charge in [-0.25, -0.2) is 14.2 Å². The fraction of sp³-hybridized carbons (Fsp3) is 0.281. The van der Waals surface area contributed by atoms with Crippen LogP contribution in [0.15, 0.2) is 79.0 Å². The van der Waals surface area contributed by atoms with Gasteiger partial charge in [-0.2, -0.15) is 13.0 Å². The van der Waals surface area contributed by atoms with Gasteiger partial charge in [0.25, 0.3) is 10.1 Å². The van der Waals surface area contributed by atoms with Crippen LogP contribution in [-0.2, 0) is 23.0 Å². The van der Waals surface area contributed by atoms with Gasteiger partial charge in [-0.1, -0.05) is 49.2 Å². The molecule has 1 atom stereocenters. The number of hydrogen-bond acceptors (Lipinski definition) is 7. The third-order valence-electron chi connectivity index (χ3n) is 7.24. The van der Waals surface area contributed by atoms with Gasteiger partial charge in [-0.15, -0.1) is 0 Å². The number of aromatic hydroxyl groups is 1. The second-order valence-corrected chi connectivity index (χ2v) is 12.1. The van der Waals surface area contributed by atoms with Gasteiger partial charge in [-0.05, 0) is 60.4 Å². The first kappa shape index (κ1) is 30.1. The van der Waals surface area contributed by atoms with Gasteiger partial charge < -0.3 is 9.84 Å². The van der Waals surface area contributed by atoms with E-state index in [1.807, 2.05) is 30.3 Å². The Morgan fingerprint density at radius 2 is 1.70 bits per heavy atom. The molecule has 0 radical (unpaired) electrons. The van der Waals surface area contributed by atoms with Crippen LogP contribution in [0, 0.1) is 5.82 Å². The van der Waals surface area contributed by atoms with E-state index in [1.54, 1.807) is 47.2 Å². The second kappa shape index (κ2) is 13.3. The highest BCUT2D eigenvalue weighted by atomic mass is 32.2. The van der Waals surface area contributed by atoms with Crippen molar-refractivity contribution >= 4 is 21.8 Å². The molecule has 0 aliphatic carbocycles. The normalized spacial score (nSPS) is 14.4. The highest BCUT2D eigenvalue weighted by Crippen LogP contribution is 2.27. The highest BCUT2D eigenvalue weighted by molar-refractivity contribution is 7.85. The van der Waals surface area contributed by atoms with Gasteiger partial charge in [0.15, 0.2) is 17.6 Å². The van der Waals surface area contributed by atoms with E-state index >= 15 is 0 Å². The molecule has 0 spiro atoms. The summed E-state index contributed by atoms with van der Waals surface area (Å²) in [5, 5.41) is 13.0. The molecule has 1 aromatic heterocycles. The number of phenols is 1. The van der Waals surface area contributed by atoms with E-state index in [2.05, 4.69) is 5.32 Å².